The van der Waals surface area contributed by atoms with Gasteiger partial charge in [0.2, 0.25) is 0 Å². The van der Waals surface area contributed by atoms with E-state index in [9.17, 15) is 18.0 Å². The van der Waals surface area contributed by atoms with Gasteiger partial charge in [-0.2, -0.15) is 0 Å². The Balaban J connectivity index is 1.96. The lowest BCUT2D eigenvalue weighted by Crippen LogP contribution is -2.35. The monoisotopic (exact) mass is 273 g/mol. The summed E-state index contributed by atoms with van der Waals surface area (Å²) in [6, 6.07) is 1.35. The highest BCUT2D eigenvalue weighted by Crippen LogP contribution is 2.14. The molecule has 19 heavy (non-hydrogen) atoms. The standard InChI is InChI=1S/C13H14F3NO2/c14-10-5-8(6-11(15)12(10)16)13(18)17-7-9-3-1-2-4-19-9/h5-6,9H,1-4,7H2,(H,17,18). The molecule has 0 bridgehead atoms. The van der Waals surface area contributed by atoms with Crippen LogP contribution in [0.5, 0.6) is 0 Å². The number of carbonyl (C=O) groups excluding carboxylic acids is 1. The third-order valence-corrected chi connectivity index (χ3v) is 3.01. The Bertz CT molecular complexity index is 450. The van der Waals surface area contributed by atoms with Crippen molar-refractivity contribution in [1.82, 2.24) is 5.32 Å². The lowest BCUT2D eigenvalue weighted by atomic mass is 10.1. The molecule has 0 saturated carbocycles. The van der Waals surface area contributed by atoms with Crippen LogP contribution >= 0.6 is 0 Å². The average molecular weight is 273 g/mol. The zero-order valence-electron chi connectivity index (χ0n) is 10.2. The molecule has 104 valence electrons. The van der Waals surface area contributed by atoms with E-state index in [1.807, 2.05) is 0 Å². The molecule has 0 aliphatic carbocycles. The van der Waals surface area contributed by atoms with Gasteiger partial charge in [0.15, 0.2) is 17.5 Å². The highest BCUT2D eigenvalue weighted by Gasteiger charge is 2.18. The normalized spacial score (nSPS) is 19.2. The molecule has 1 aromatic rings. The first-order valence-corrected chi connectivity index (χ1v) is 6.12. The van der Waals surface area contributed by atoms with Crippen LogP contribution in [0.4, 0.5) is 13.2 Å². The first kappa shape index (κ1) is 13.9. The molecular weight excluding hydrogens is 259 g/mol. The number of hydrogen-bond acceptors (Lipinski definition) is 2. The fourth-order valence-corrected chi connectivity index (χ4v) is 1.96. The first-order valence-electron chi connectivity index (χ1n) is 6.12. The second-order valence-electron chi connectivity index (χ2n) is 4.45. The summed E-state index contributed by atoms with van der Waals surface area (Å²) in [6.07, 6.45) is 2.79. The highest BCUT2D eigenvalue weighted by molar-refractivity contribution is 5.94. The molecule has 2 rings (SSSR count). The molecule has 1 aromatic carbocycles. The van der Waals surface area contributed by atoms with Crippen LogP contribution in [0.1, 0.15) is 29.6 Å². The van der Waals surface area contributed by atoms with Crippen LogP contribution in [0, 0.1) is 17.5 Å². The second kappa shape index (κ2) is 6.06. The van der Waals surface area contributed by atoms with Crippen LogP contribution in [0.2, 0.25) is 0 Å². The molecule has 0 radical (unpaired) electrons. The van der Waals surface area contributed by atoms with E-state index < -0.39 is 23.4 Å². The molecule has 1 aliphatic rings. The van der Waals surface area contributed by atoms with Gasteiger partial charge in [-0.15, -0.1) is 0 Å². The highest BCUT2D eigenvalue weighted by atomic mass is 19.2. The van der Waals surface area contributed by atoms with E-state index in [-0.39, 0.29) is 18.2 Å². The number of halogens is 3. The quantitative estimate of drug-likeness (QED) is 0.859. The number of hydrogen-bond donors (Lipinski definition) is 1. The molecular formula is C13H14F3NO2. The lowest BCUT2D eigenvalue weighted by Gasteiger charge is -2.22. The van der Waals surface area contributed by atoms with Gasteiger partial charge < -0.3 is 10.1 Å². The van der Waals surface area contributed by atoms with E-state index in [4.69, 9.17) is 4.74 Å². The van der Waals surface area contributed by atoms with Crippen LogP contribution in [0.15, 0.2) is 12.1 Å². The van der Waals surface area contributed by atoms with E-state index in [0.717, 1.165) is 19.3 Å². The topological polar surface area (TPSA) is 38.3 Å². The molecule has 1 heterocycles. The van der Waals surface area contributed by atoms with Gasteiger partial charge >= 0.3 is 0 Å². The van der Waals surface area contributed by atoms with Gasteiger partial charge in [-0.3, -0.25) is 4.79 Å². The number of rotatable bonds is 3. The zero-order valence-corrected chi connectivity index (χ0v) is 10.2. The summed E-state index contributed by atoms with van der Waals surface area (Å²) in [5.74, 6) is -4.97. The third-order valence-electron chi connectivity index (χ3n) is 3.01. The van der Waals surface area contributed by atoms with Crippen molar-refractivity contribution in [3.63, 3.8) is 0 Å². The van der Waals surface area contributed by atoms with Gasteiger partial charge in [0.05, 0.1) is 6.10 Å². The molecule has 1 N–H and O–H groups in total. The molecule has 1 atom stereocenters. The maximum atomic E-state index is 13.0. The number of ether oxygens (including phenoxy) is 1. The summed E-state index contributed by atoms with van der Waals surface area (Å²) in [5.41, 5.74) is -0.243. The predicted octanol–water partition coefficient (Wildman–Crippen LogP) is 2.40. The largest absolute Gasteiger partial charge is 0.376 e. The van der Waals surface area contributed by atoms with Crippen LogP contribution in [0.25, 0.3) is 0 Å². The van der Waals surface area contributed by atoms with Crippen molar-refractivity contribution in [2.75, 3.05) is 13.2 Å². The molecule has 1 saturated heterocycles. The Morgan fingerprint density at radius 3 is 2.53 bits per heavy atom. The summed E-state index contributed by atoms with van der Waals surface area (Å²) in [6.45, 7) is 0.930. The van der Waals surface area contributed by atoms with E-state index >= 15 is 0 Å². The van der Waals surface area contributed by atoms with Gasteiger partial charge in [0.25, 0.3) is 5.91 Å². The summed E-state index contributed by atoms with van der Waals surface area (Å²) in [4.78, 5) is 11.7. The average Bonchev–Trinajstić information content (AvgIpc) is 2.42. The van der Waals surface area contributed by atoms with E-state index in [2.05, 4.69) is 5.32 Å². The van der Waals surface area contributed by atoms with Crippen molar-refractivity contribution in [2.24, 2.45) is 0 Å². The molecule has 1 fully saturated rings. The fourth-order valence-electron chi connectivity index (χ4n) is 1.96. The van der Waals surface area contributed by atoms with Crippen LogP contribution < -0.4 is 5.32 Å². The smallest absolute Gasteiger partial charge is 0.251 e. The van der Waals surface area contributed by atoms with Crippen LogP contribution in [-0.2, 0) is 4.74 Å². The fraction of sp³-hybridized carbons (Fsp3) is 0.462. The van der Waals surface area contributed by atoms with E-state index in [1.165, 1.54) is 0 Å². The summed E-state index contributed by atoms with van der Waals surface area (Å²) >= 11 is 0. The Morgan fingerprint density at radius 2 is 1.95 bits per heavy atom. The maximum absolute atomic E-state index is 13.0. The first-order chi connectivity index (χ1) is 9.08. The predicted molar refractivity (Wildman–Crippen MR) is 62.2 cm³/mol. The van der Waals surface area contributed by atoms with Crippen LogP contribution in [0.3, 0.4) is 0 Å². The van der Waals surface area contributed by atoms with Gasteiger partial charge in [0.1, 0.15) is 0 Å². The van der Waals surface area contributed by atoms with Gasteiger partial charge in [-0.05, 0) is 31.4 Å². The maximum Gasteiger partial charge on any atom is 0.251 e. The van der Waals surface area contributed by atoms with Gasteiger partial charge in [0, 0.05) is 18.7 Å². The summed E-state index contributed by atoms with van der Waals surface area (Å²) in [7, 11) is 0. The Hall–Kier alpha value is -1.56. The summed E-state index contributed by atoms with van der Waals surface area (Å²) in [5, 5.41) is 2.52. The lowest BCUT2D eigenvalue weighted by molar-refractivity contribution is 0.0169. The van der Waals surface area contributed by atoms with Crippen molar-refractivity contribution in [1.29, 1.82) is 0 Å². The number of amides is 1. The van der Waals surface area contributed by atoms with Crippen molar-refractivity contribution in [2.45, 2.75) is 25.4 Å². The minimum atomic E-state index is -1.58. The molecule has 1 amide bonds. The van der Waals surface area contributed by atoms with Gasteiger partial charge in [-0.1, -0.05) is 0 Å². The molecule has 1 aliphatic heterocycles. The Labute approximate surface area is 108 Å². The molecule has 1 unspecified atom stereocenters. The van der Waals surface area contributed by atoms with Crippen molar-refractivity contribution in [3.8, 4) is 0 Å². The van der Waals surface area contributed by atoms with E-state index in [0.29, 0.717) is 18.7 Å². The minimum absolute atomic E-state index is 0.0761. The molecule has 0 aromatic heterocycles. The molecule has 0 spiro atoms. The molecule has 6 heteroatoms. The number of nitrogens with one attached hydrogen (secondary N) is 1. The number of benzene rings is 1. The third kappa shape index (κ3) is 3.47. The molecule has 3 nitrogen and oxygen atoms in total. The Kier molecular flexibility index (Phi) is 4.42. The van der Waals surface area contributed by atoms with Gasteiger partial charge in [-0.25, -0.2) is 13.2 Å². The zero-order chi connectivity index (χ0) is 13.8. The van der Waals surface area contributed by atoms with Crippen molar-refractivity contribution < 1.29 is 22.7 Å². The van der Waals surface area contributed by atoms with E-state index in [1.54, 1.807) is 0 Å². The summed E-state index contributed by atoms with van der Waals surface area (Å²) < 4.78 is 44.1. The van der Waals surface area contributed by atoms with Crippen molar-refractivity contribution >= 4 is 5.91 Å². The van der Waals surface area contributed by atoms with Crippen LogP contribution in [-0.4, -0.2) is 25.2 Å². The minimum Gasteiger partial charge on any atom is -0.376 e. The second-order valence-corrected chi connectivity index (χ2v) is 4.45. The SMILES string of the molecule is O=C(NCC1CCCCO1)c1cc(F)c(F)c(F)c1. The number of carbonyl (C=O) groups is 1. The Morgan fingerprint density at radius 1 is 1.26 bits per heavy atom. The van der Waals surface area contributed by atoms with Crippen molar-refractivity contribution in [3.05, 3.63) is 35.1 Å².